The van der Waals surface area contributed by atoms with Crippen LogP contribution >= 0.6 is 11.8 Å². The largest absolute Gasteiger partial charge is 0.497 e. The molecule has 0 aromatic heterocycles. The maximum Gasteiger partial charge on any atom is 0.308 e. The number of carboxylic acid groups (broad SMARTS) is 1. The van der Waals surface area contributed by atoms with Crippen molar-refractivity contribution in [2.24, 2.45) is 5.92 Å². The van der Waals surface area contributed by atoms with Crippen molar-refractivity contribution in [2.75, 3.05) is 19.4 Å². The highest BCUT2D eigenvalue weighted by Crippen LogP contribution is 2.42. The number of thioether (sulfide) groups is 1. The molecule has 1 saturated heterocycles. The molecule has 1 aliphatic heterocycles. The quantitative estimate of drug-likeness (QED) is 0.595. The first-order valence-corrected chi connectivity index (χ1v) is 12.4. The Morgan fingerprint density at radius 2 is 1.87 bits per heavy atom. The van der Waals surface area contributed by atoms with Gasteiger partial charge in [0.2, 0.25) is 10.0 Å². The van der Waals surface area contributed by atoms with E-state index in [2.05, 4.69) is 6.58 Å². The molecule has 8 heteroatoms. The van der Waals surface area contributed by atoms with E-state index in [1.165, 1.54) is 16.1 Å². The van der Waals surface area contributed by atoms with Crippen LogP contribution in [0.1, 0.15) is 23.6 Å². The van der Waals surface area contributed by atoms with Crippen molar-refractivity contribution in [1.82, 2.24) is 4.31 Å². The Kier molecular flexibility index (Phi) is 7.46. The molecule has 2 aromatic carbocycles. The van der Waals surface area contributed by atoms with Crippen molar-refractivity contribution in [1.29, 1.82) is 0 Å². The number of ether oxygens (including phenoxy) is 1. The second kappa shape index (κ2) is 9.89. The number of nitrogens with zero attached hydrogens (tertiary/aromatic N) is 1. The smallest absolute Gasteiger partial charge is 0.308 e. The molecule has 0 unspecified atom stereocenters. The topological polar surface area (TPSA) is 83.9 Å². The molecule has 1 heterocycles. The molecule has 3 rings (SSSR count). The van der Waals surface area contributed by atoms with Crippen LogP contribution in [0.15, 0.2) is 66.1 Å². The van der Waals surface area contributed by atoms with E-state index in [9.17, 15) is 18.3 Å². The molecular weight excluding hydrogens is 434 g/mol. The summed E-state index contributed by atoms with van der Waals surface area (Å²) in [6.45, 7) is 5.53. The van der Waals surface area contributed by atoms with E-state index in [0.29, 0.717) is 17.9 Å². The summed E-state index contributed by atoms with van der Waals surface area (Å²) in [5.74, 6) is -0.513. The van der Waals surface area contributed by atoms with E-state index in [1.807, 2.05) is 19.1 Å². The lowest BCUT2D eigenvalue weighted by Crippen LogP contribution is -2.49. The number of methoxy groups -OCH3 is 1. The van der Waals surface area contributed by atoms with Gasteiger partial charge in [0, 0.05) is 17.5 Å². The van der Waals surface area contributed by atoms with Crippen LogP contribution in [0.25, 0.3) is 0 Å². The van der Waals surface area contributed by atoms with Crippen LogP contribution in [-0.4, -0.2) is 48.5 Å². The Labute approximate surface area is 188 Å². The van der Waals surface area contributed by atoms with Crippen LogP contribution < -0.4 is 4.74 Å². The Bertz CT molecular complexity index is 1020. The van der Waals surface area contributed by atoms with Crippen LogP contribution in [0.5, 0.6) is 5.75 Å². The van der Waals surface area contributed by atoms with E-state index in [0.717, 1.165) is 11.1 Å². The van der Waals surface area contributed by atoms with Gasteiger partial charge < -0.3 is 9.84 Å². The van der Waals surface area contributed by atoms with Crippen molar-refractivity contribution in [3.8, 4) is 5.75 Å². The van der Waals surface area contributed by atoms with E-state index in [-0.39, 0.29) is 16.7 Å². The maximum atomic E-state index is 13.6. The van der Waals surface area contributed by atoms with Crippen molar-refractivity contribution in [3.63, 3.8) is 0 Å². The molecule has 0 bridgehead atoms. The molecule has 0 saturated carbocycles. The molecule has 0 aliphatic carbocycles. The van der Waals surface area contributed by atoms with Gasteiger partial charge in [-0.3, -0.25) is 4.79 Å². The Morgan fingerprint density at radius 1 is 1.23 bits per heavy atom. The lowest BCUT2D eigenvalue weighted by Gasteiger charge is -2.41. The van der Waals surface area contributed by atoms with Gasteiger partial charge >= 0.3 is 5.97 Å². The summed E-state index contributed by atoms with van der Waals surface area (Å²) in [5, 5.41) is 9.62. The van der Waals surface area contributed by atoms with Gasteiger partial charge in [0.25, 0.3) is 0 Å². The summed E-state index contributed by atoms with van der Waals surface area (Å²) in [5.41, 5.74) is 1.76. The van der Waals surface area contributed by atoms with E-state index in [4.69, 9.17) is 4.74 Å². The molecule has 1 N–H and O–H groups in total. The molecule has 0 spiro atoms. The van der Waals surface area contributed by atoms with Crippen LogP contribution in [0.2, 0.25) is 0 Å². The number of sulfonamides is 1. The number of piperidine rings is 1. The zero-order valence-electron chi connectivity index (χ0n) is 17.6. The fraction of sp³-hybridized carbons (Fsp3) is 0.348. The molecule has 6 nitrogen and oxygen atoms in total. The number of aliphatic carboxylic acids is 1. The average molecular weight is 462 g/mol. The van der Waals surface area contributed by atoms with Gasteiger partial charge in [-0.25, -0.2) is 8.42 Å². The van der Waals surface area contributed by atoms with Gasteiger partial charge in [-0.1, -0.05) is 35.9 Å². The number of aryl methyl sites for hydroxylation is 1. The normalized spacial score (nSPS) is 22.1. The van der Waals surface area contributed by atoms with Crippen LogP contribution in [0, 0.1) is 12.8 Å². The number of rotatable bonds is 8. The molecule has 31 heavy (non-hydrogen) atoms. The zero-order valence-corrected chi connectivity index (χ0v) is 19.2. The highest BCUT2D eigenvalue weighted by atomic mass is 32.2. The molecule has 166 valence electrons. The highest BCUT2D eigenvalue weighted by Gasteiger charge is 2.45. The summed E-state index contributed by atoms with van der Waals surface area (Å²) in [7, 11) is -2.32. The van der Waals surface area contributed by atoms with Crippen LogP contribution in [0.3, 0.4) is 0 Å². The molecule has 1 aliphatic rings. The molecule has 2 aromatic rings. The SMILES string of the molecule is C=CCS[C@@H]1C[C@@H](c2ccc(OC)cc2)N(S(=O)(=O)c2ccc(C)cc2)C[C@H]1C(=O)O. The monoisotopic (exact) mass is 461 g/mol. The minimum atomic E-state index is -3.89. The molecule has 0 amide bonds. The first-order valence-electron chi connectivity index (χ1n) is 9.95. The predicted molar refractivity (Wildman–Crippen MR) is 123 cm³/mol. The van der Waals surface area contributed by atoms with Gasteiger partial charge in [0.05, 0.1) is 24.0 Å². The molecule has 0 radical (unpaired) electrons. The first kappa shape index (κ1) is 23.4. The first-order chi connectivity index (χ1) is 14.8. The fourth-order valence-electron chi connectivity index (χ4n) is 3.79. The number of carboxylic acids is 1. The number of hydrogen-bond acceptors (Lipinski definition) is 5. The fourth-order valence-corrected chi connectivity index (χ4v) is 6.58. The van der Waals surface area contributed by atoms with Crippen LogP contribution in [-0.2, 0) is 14.8 Å². The standard InChI is InChI=1S/C23H27NO5S2/c1-4-13-30-22-14-21(17-7-9-18(29-3)10-8-17)24(15-20(22)23(25)26)31(27,28)19-11-5-16(2)6-12-19/h4-12,20-22H,1,13-15H2,2-3H3,(H,25,26)/t20-,21+,22-/m1/s1. The lowest BCUT2D eigenvalue weighted by molar-refractivity contribution is -0.143. The van der Waals surface area contributed by atoms with E-state index in [1.54, 1.807) is 49.6 Å². The molecule has 3 atom stereocenters. The summed E-state index contributed by atoms with van der Waals surface area (Å²) in [4.78, 5) is 12.2. The minimum absolute atomic E-state index is 0.0863. The summed E-state index contributed by atoms with van der Waals surface area (Å²) < 4.78 is 33.7. The molecule has 1 fully saturated rings. The van der Waals surface area contributed by atoms with Gasteiger partial charge in [0.1, 0.15) is 5.75 Å². The number of benzene rings is 2. The number of carbonyl (C=O) groups is 1. The summed E-state index contributed by atoms with van der Waals surface area (Å²) in [6.07, 6.45) is 2.13. The Morgan fingerprint density at radius 3 is 2.42 bits per heavy atom. The zero-order chi connectivity index (χ0) is 22.6. The third kappa shape index (κ3) is 5.14. The number of hydrogen-bond donors (Lipinski definition) is 1. The third-order valence-electron chi connectivity index (χ3n) is 5.50. The highest BCUT2D eigenvalue weighted by molar-refractivity contribution is 8.00. The van der Waals surface area contributed by atoms with E-state index >= 15 is 0 Å². The maximum absolute atomic E-state index is 13.6. The van der Waals surface area contributed by atoms with Crippen molar-refractivity contribution in [2.45, 2.75) is 29.5 Å². The Balaban J connectivity index is 2.05. The van der Waals surface area contributed by atoms with Gasteiger partial charge in [0.15, 0.2) is 0 Å². The average Bonchev–Trinajstić information content (AvgIpc) is 2.77. The summed E-state index contributed by atoms with van der Waals surface area (Å²) >= 11 is 1.51. The van der Waals surface area contributed by atoms with E-state index < -0.39 is 28.0 Å². The third-order valence-corrected chi connectivity index (χ3v) is 8.77. The lowest BCUT2D eigenvalue weighted by atomic mass is 9.90. The predicted octanol–water partition coefficient (Wildman–Crippen LogP) is 4.13. The van der Waals surface area contributed by atoms with Crippen molar-refractivity contribution >= 4 is 27.8 Å². The summed E-state index contributed by atoms with van der Waals surface area (Å²) in [6, 6.07) is 13.4. The minimum Gasteiger partial charge on any atom is -0.497 e. The van der Waals surface area contributed by atoms with Gasteiger partial charge in [-0.05, 0) is 43.2 Å². The van der Waals surface area contributed by atoms with Crippen molar-refractivity contribution < 1.29 is 23.1 Å². The second-order valence-electron chi connectivity index (χ2n) is 7.52. The van der Waals surface area contributed by atoms with Gasteiger partial charge in [-0.2, -0.15) is 16.1 Å². The molecular formula is C23H27NO5S2. The van der Waals surface area contributed by atoms with Gasteiger partial charge in [-0.15, -0.1) is 6.58 Å². The Hall–Kier alpha value is -2.29. The second-order valence-corrected chi connectivity index (χ2v) is 10.7. The van der Waals surface area contributed by atoms with Crippen LogP contribution in [0.4, 0.5) is 0 Å². The van der Waals surface area contributed by atoms with Crippen molar-refractivity contribution in [3.05, 3.63) is 72.3 Å².